The third kappa shape index (κ3) is 6.97. The Morgan fingerprint density at radius 1 is 0.978 bits per heavy atom. The molecule has 1 N–H and O–H groups in total. The van der Waals surface area contributed by atoms with E-state index in [2.05, 4.69) is 5.32 Å². The molecule has 0 aromatic heterocycles. The van der Waals surface area contributed by atoms with Crippen molar-refractivity contribution >= 4 is 35.2 Å². The Morgan fingerprint density at radius 2 is 1.67 bits per heavy atom. The summed E-state index contributed by atoms with van der Waals surface area (Å²) < 4.78 is 39.2. The standard InChI is InChI=1S/C32H30F3N5O5/c33-32(34,35)25-6-4-5-24(19-25)20-36-28(41)21-38-22-39(26-7-2-1-3-8-26)31(30(38)43)15-17-37(18-16-31)29(42)14-11-23-9-12-27(13-10-23)40(44)45/h1-14,19H,15-18,20-22H2,(H,36,41). The maximum Gasteiger partial charge on any atom is 0.416 e. The maximum absolute atomic E-state index is 13.9. The van der Waals surface area contributed by atoms with E-state index in [1.54, 1.807) is 23.1 Å². The van der Waals surface area contributed by atoms with Crippen molar-refractivity contribution in [2.45, 2.75) is 31.1 Å². The third-order valence-electron chi connectivity index (χ3n) is 8.08. The third-order valence-corrected chi connectivity index (χ3v) is 8.08. The molecule has 45 heavy (non-hydrogen) atoms. The number of hydrogen-bond acceptors (Lipinski definition) is 6. The number of hydrogen-bond donors (Lipinski definition) is 1. The smallest absolute Gasteiger partial charge is 0.350 e. The molecule has 0 atom stereocenters. The van der Waals surface area contributed by atoms with Gasteiger partial charge in [-0.2, -0.15) is 13.2 Å². The number of anilines is 1. The van der Waals surface area contributed by atoms with Crippen LogP contribution in [0.2, 0.25) is 0 Å². The highest BCUT2D eigenvalue weighted by Crippen LogP contribution is 2.39. The summed E-state index contributed by atoms with van der Waals surface area (Å²) in [6, 6.07) is 19.8. The van der Waals surface area contributed by atoms with Crippen LogP contribution >= 0.6 is 0 Å². The summed E-state index contributed by atoms with van der Waals surface area (Å²) in [4.78, 5) is 55.1. The minimum absolute atomic E-state index is 0.0498. The van der Waals surface area contributed by atoms with Crippen LogP contribution in [0.5, 0.6) is 0 Å². The van der Waals surface area contributed by atoms with Gasteiger partial charge >= 0.3 is 6.18 Å². The van der Waals surface area contributed by atoms with E-state index >= 15 is 0 Å². The van der Waals surface area contributed by atoms with Crippen molar-refractivity contribution in [2.75, 3.05) is 31.2 Å². The van der Waals surface area contributed by atoms with Crippen molar-refractivity contribution in [3.8, 4) is 0 Å². The van der Waals surface area contributed by atoms with Crippen LogP contribution in [0, 0.1) is 10.1 Å². The fourth-order valence-corrected chi connectivity index (χ4v) is 5.69. The maximum atomic E-state index is 13.9. The van der Waals surface area contributed by atoms with Gasteiger partial charge in [0.05, 0.1) is 17.2 Å². The molecular formula is C32H30F3N5O5. The first-order chi connectivity index (χ1) is 21.5. The lowest BCUT2D eigenvalue weighted by Crippen LogP contribution is -2.57. The molecule has 2 aliphatic rings. The quantitative estimate of drug-likeness (QED) is 0.223. The first-order valence-electron chi connectivity index (χ1n) is 14.2. The van der Waals surface area contributed by atoms with Gasteiger partial charge in [-0.1, -0.05) is 30.3 Å². The molecule has 3 aromatic rings. The predicted octanol–water partition coefficient (Wildman–Crippen LogP) is 4.61. The number of rotatable bonds is 8. The van der Waals surface area contributed by atoms with Crippen LogP contribution in [0.3, 0.4) is 0 Å². The number of nitro groups is 1. The molecule has 3 amide bonds. The molecule has 234 valence electrons. The number of non-ortho nitro benzene ring substituents is 1. The lowest BCUT2D eigenvalue weighted by Gasteiger charge is -2.43. The van der Waals surface area contributed by atoms with Gasteiger partial charge in [0.1, 0.15) is 12.1 Å². The molecule has 2 saturated heterocycles. The van der Waals surface area contributed by atoms with Crippen LogP contribution < -0.4 is 10.2 Å². The second-order valence-electron chi connectivity index (χ2n) is 10.9. The minimum atomic E-state index is -4.50. The van der Waals surface area contributed by atoms with Crippen LogP contribution in [0.1, 0.15) is 29.5 Å². The number of carbonyl (C=O) groups is 3. The van der Waals surface area contributed by atoms with E-state index in [1.165, 1.54) is 35.2 Å². The molecule has 13 heteroatoms. The number of para-hydroxylation sites is 1. The average Bonchev–Trinajstić information content (AvgIpc) is 3.29. The van der Waals surface area contributed by atoms with E-state index in [0.29, 0.717) is 18.4 Å². The van der Waals surface area contributed by atoms with Crippen molar-refractivity contribution in [2.24, 2.45) is 0 Å². The number of piperidine rings is 1. The number of alkyl halides is 3. The summed E-state index contributed by atoms with van der Waals surface area (Å²) in [5.74, 6) is -1.02. The van der Waals surface area contributed by atoms with Crippen LogP contribution in [0.25, 0.3) is 6.08 Å². The SMILES string of the molecule is O=C(CN1CN(c2ccccc2)C2(CCN(C(=O)C=Cc3ccc([N+](=O)[O-])cc3)CC2)C1=O)NCc1cccc(C(F)(F)F)c1. The van der Waals surface area contributed by atoms with Crippen molar-refractivity contribution in [1.29, 1.82) is 0 Å². The highest BCUT2D eigenvalue weighted by atomic mass is 19.4. The van der Waals surface area contributed by atoms with Gasteiger partial charge in [-0.05, 0) is 66.4 Å². The van der Waals surface area contributed by atoms with Crippen LogP contribution in [-0.4, -0.2) is 64.3 Å². The molecule has 2 heterocycles. The fraction of sp³-hybridized carbons (Fsp3) is 0.281. The first kappa shape index (κ1) is 31.2. The van der Waals surface area contributed by atoms with Gasteiger partial charge in [0, 0.05) is 43.5 Å². The number of halogens is 3. The highest BCUT2D eigenvalue weighted by Gasteiger charge is 2.54. The Labute approximate surface area is 256 Å². The zero-order chi connectivity index (χ0) is 32.2. The Kier molecular flexibility index (Phi) is 8.89. The van der Waals surface area contributed by atoms with Gasteiger partial charge in [0.15, 0.2) is 0 Å². The summed E-state index contributed by atoms with van der Waals surface area (Å²) in [6.07, 6.45) is -0.889. The van der Waals surface area contributed by atoms with Gasteiger partial charge in [-0.3, -0.25) is 24.5 Å². The highest BCUT2D eigenvalue weighted by molar-refractivity contribution is 5.97. The molecule has 0 radical (unpaired) electrons. The zero-order valence-electron chi connectivity index (χ0n) is 24.1. The van der Waals surface area contributed by atoms with Gasteiger partial charge in [0.25, 0.3) is 11.6 Å². The lowest BCUT2D eigenvalue weighted by molar-refractivity contribution is -0.384. The average molecular weight is 622 g/mol. The summed E-state index contributed by atoms with van der Waals surface area (Å²) >= 11 is 0. The van der Waals surface area contributed by atoms with Crippen LogP contribution in [-0.2, 0) is 27.1 Å². The zero-order valence-corrected chi connectivity index (χ0v) is 24.1. The molecular weight excluding hydrogens is 591 g/mol. The molecule has 0 bridgehead atoms. The molecule has 0 unspecified atom stereocenters. The van der Waals surface area contributed by atoms with Crippen molar-refractivity contribution in [3.63, 3.8) is 0 Å². The van der Waals surface area contributed by atoms with Gasteiger partial charge < -0.3 is 20.0 Å². The number of benzene rings is 3. The van der Waals surface area contributed by atoms with Crippen LogP contribution in [0.15, 0.2) is 84.9 Å². The number of nitrogens with one attached hydrogen (secondary N) is 1. The van der Waals surface area contributed by atoms with E-state index in [-0.39, 0.29) is 55.9 Å². The molecule has 2 fully saturated rings. The summed E-state index contributed by atoms with van der Waals surface area (Å²) in [5.41, 5.74) is -0.141. The summed E-state index contributed by atoms with van der Waals surface area (Å²) in [5, 5.41) is 13.5. The number of amides is 3. The van der Waals surface area contributed by atoms with E-state index < -0.39 is 28.1 Å². The molecule has 5 rings (SSSR count). The van der Waals surface area contributed by atoms with E-state index in [4.69, 9.17) is 0 Å². The minimum Gasteiger partial charge on any atom is -0.350 e. The Bertz CT molecular complexity index is 1600. The molecule has 10 nitrogen and oxygen atoms in total. The fourth-order valence-electron chi connectivity index (χ4n) is 5.69. The molecule has 0 saturated carbocycles. The normalized spacial score (nSPS) is 16.4. The van der Waals surface area contributed by atoms with Gasteiger partial charge in [0.2, 0.25) is 11.8 Å². The topological polar surface area (TPSA) is 116 Å². The molecule has 3 aromatic carbocycles. The number of nitro benzene ring substituents is 1. The molecule has 2 aliphatic heterocycles. The van der Waals surface area contributed by atoms with E-state index in [0.717, 1.165) is 17.8 Å². The second-order valence-corrected chi connectivity index (χ2v) is 10.9. The largest absolute Gasteiger partial charge is 0.416 e. The second kappa shape index (κ2) is 12.8. The molecule has 0 aliphatic carbocycles. The van der Waals surface area contributed by atoms with Crippen LogP contribution in [0.4, 0.5) is 24.5 Å². The Morgan fingerprint density at radius 3 is 2.31 bits per heavy atom. The van der Waals surface area contributed by atoms with E-state index in [9.17, 15) is 37.7 Å². The monoisotopic (exact) mass is 621 g/mol. The number of likely N-dealkylation sites (tertiary alicyclic amines) is 1. The van der Waals surface area contributed by atoms with E-state index in [1.807, 2.05) is 35.2 Å². The van der Waals surface area contributed by atoms with Crippen molar-refractivity contribution in [1.82, 2.24) is 15.1 Å². The van der Waals surface area contributed by atoms with Gasteiger partial charge in [-0.25, -0.2) is 0 Å². The first-order valence-corrected chi connectivity index (χ1v) is 14.2. The Hall–Kier alpha value is -5.20. The van der Waals surface area contributed by atoms with Gasteiger partial charge in [-0.15, -0.1) is 0 Å². The molecule has 1 spiro atoms. The van der Waals surface area contributed by atoms with Crippen molar-refractivity contribution < 1.29 is 32.5 Å². The number of carbonyl (C=O) groups excluding carboxylic acids is 3. The predicted molar refractivity (Wildman–Crippen MR) is 159 cm³/mol. The summed E-state index contributed by atoms with van der Waals surface area (Å²) in [6.45, 7) is 0.308. The Balaban J connectivity index is 1.24. The number of nitrogens with zero attached hydrogens (tertiary/aromatic N) is 4. The lowest BCUT2D eigenvalue weighted by atomic mass is 9.85. The summed E-state index contributed by atoms with van der Waals surface area (Å²) in [7, 11) is 0. The van der Waals surface area contributed by atoms with Crippen molar-refractivity contribution in [3.05, 3.63) is 112 Å².